The number of rotatable bonds is 5. The molecule has 88 valence electrons. The van der Waals surface area contributed by atoms with Crippen LogP contribution < -0.4 is 5.73 Å². The van der Waals surface area contributed by atoms with Gasteiger partial charge in [0.2, 0.25) is 5.91 Å². The van der Waals surface area contributed by atoms with Gasteiger partial charge >= 0.3 is 0 Å². The van der Waals surface area contributed by atoms with Gasteiger partial charge in [-0.15, -0.1) is 0 Å². The van der Waals surface area contributed by atoms with Crippen LogP contribution in [0.15, 0.2) is 18.2 Å². The van der Waals surface area contributed by atoms with Crippen LogP contribution in [0.25, 0.3) is 0 Å². The number of nitrogens with two attached hydrogens (primary N) is 1. The first kappa shape index (κ1) is 12.6. The van der Waals surface area contributed by atoms with Gasteiger partial charge in [-0.2, -0.15) is 0 Å². The molecule has 3 nitrogen and oxygen atoms in total. The molecule has 0 spiro atoms. The van der Waals surface area contributed by atoms with E-state index in [1.165, 1.54) is 6.07 Å². The lowest BCUT2D eigenvalue weighted by Crippen LogP contribution is -2.20. The number of halogens is 2. The Hall–Kier alpha value is -1.49. The van der Waals surface area contributed by atoms with E-state index >= 15 is 0 Å². The highest BCUT2D eigenvalue weighted by atomic mass is 19.2. The molecule has 1 rings (SSSR count). The molecular formula is C11H13F2NO2. The van der Waals surface area contributed by atoms with Crippen molar-refractivity contribution in [1.82, 2.24) is 0 Å². The molecule has 0 saturated carbocycles. The maximum absolute atomic E-state index is 12.8. The van der Waals surface area contributed by atoms with E-state index in [0.29, 0.717) is 5.56 Å². The summed E-state index contributed by atoms with van der Waals surface area (Å²) in [6.45, 7) is 1.80. The zero-order chi connectivity index (χ0) is 12.1. The molecule has 0 aliphatic rings. The van der Waals surface area contributed by atoms with Crippen LogP contribution in [-0.2, 0) is 16.1 Å². The second kappa shape index (κ2) is 5.55. The van der Waals surface area contributed by atoms with Gasteiger partial charge in [-0.25, -0.2) is 8.78 Å². The Kier molecular flexibility index (Phi) is 4.37. The van der Waals surface area contributed by atoms with Crippen LogP contribution in [0.5, 0.6) is 0 Å². The smallest absolute Gasteiger partial charge is 0.220 e. The molecule has 1 amide bonds. The quantitative estimate of drug-likeness (QED) is 0.836. The zero-order valence-corrected chi connectivity index (χ0v) is 8.87. The van der Waals surface area contributed by atoms with Gasteiger partial charge in [0, 0.05) is 0 Å². The molecule has 1 unspecified atom stereocenters. The Bertz CT molecular complexity index is 382. The first-order chi connectivity index (χ1) is 7.49. The highest BCUT2D eigenvalue weighted by Gasteiger charge is 2.07. The Morgan fingerprint density at radius 1 is 1.44 bits per heavy atom. The van der Waals surface area contributed by atoms with E-state index in [1.807, 2.05) is 0 Å². The molecule has 16 heavy (non-hydrogen) atoms. The van der Waals surface area contributed by atoms with E-state index < -0.39 is 17.5 Å². The molecule has 0 aliphatic heterocycles. The van der Waals surface area contributed by atoms with Crippen LogP contribution in [-0.4, -0.2) is 12.0 Å². The molecule has 0 bridgehead atoms. The van der Waals surface area contributed by atoms with Crippen molar-refractivity contribution in [2.75, 3.05) is 0 Å². The Morgan fingerprint density at radius 3 is 2.69 bits per heavy atom. The van der Waals surface area contributed by atoms with Gasteiger partial charge in [0.15, 0.2) is 11.6 Å². The molecule has 1 aromatic carbocycles. The Labute approximate surface area is 92.2 Å². The predicted molar refractivity (Wildman–Crippen MR) is 54.4 cm³/mol. The van der Waals surface area contributed by atoms with E-state index in [1.54, 1.807) is 6.92 Å². The second-order valence-electron chi connectivity index (χ2n) is 3.54. The molecule has 5 heteroatoms. The van der Waals surface area contributed by atoms with Crippen molar-refractivity contribution in [2.45, 2.75) is 26.1 Å². The third-order valence-electron chi connectivity index (χ3n) is 2.01. The minimum atomic E-state index is -0.913. The van der Waals surface area contributed by atoms with E-state index in [4.69, 9.17) is 10.5 Å². The lowest BCUT2D eigenvalue weighted by atomic mass is 10.2. The molecule has 0 aliphatic carbocycles. The molecule has 0 aromatic heterocycles. The molecule has 1 atom stereocenters. The Morgan fingerprint density at radius 2 is 2.12 bits per heavy atom. The number of carbonyl (C=O) groups excluding carboxylic acids is 1. The maximum atomic E-state index is 12.8. The van der Waals surface area contributed by atoms with Crippen molar-refractivity contribution in [1.29, 1.82) is 0 Å². The van der Waals surface area contributed by atoms with Crippen molar-refractivity contribution in [3.8, 4) is 0 Å². The van der Waals surface area contributed by atoms with Crippen LogP contribution in [0.3, 0.4) is 0 Å². The van der Waals surface area contributed by atoms with Crippen LogP contribution >= 0.6 is 0 Å². The first-order valence-electron chi connectivity index (χ1n) is 4.83. The average molecular weight is 229 g/mol. The molecule has 0 heterocycles. The lowest BCUT2D eigenvalue weighted by Gasteiger charge is -2.11. The van der Waals surface area contributed by atoms with Crippen LogP contribution in [0.1, 0.15) is 18.9 Å². The van der Waals surface area contributed by atoms with Crippen molar-refractivity contribution in [3.63, 3.8) is 0 Å². The Balaban J connectivity index is 2.48. The normalized spacial score (nSPS) is 12.4. The van der Waals surface area contributed by atoms with Crippen LogP contribution in [0.2, 0.25) is 0 Å². The van der Waals surface area contributed by atoms with Crippen LogP contribution in [0, 0.1) is 11.6 Å². The molecular weight excluding hydrogens is 216 g/mol. The molecule has 2 N–H and O–H groups in total. The van der Waals surface area contributed by atoms with Gasteiger partial charge in [0.1, 0.15) is 0 Å². The number of primary amides is 1. The zero-order valence-electron chi connectivity index (χ0n) is 8.87. The van der Waals surface area contributed by atoms with E-state index in [2.05, 4.69) is 0 Å². The summed E-state index contributed by atoms with van der Waals surface area (Å²) in [7, 11) is 0. The van der Waals surface area contributed by atoms with Gasteiger partial charge in [-0.1, -0.05) is 6.07 Å². The number of benzene rings is 1. The highest BCUT2D eigenvalue weighted by Crippen LogP contribution is 2.11. The monoisotopic (exact) mass is 229 g/mol. The lowest BCUT2D eigenvalue weighted by molar-refractivity contribution is -0.120. The number of ether oxygens (including phenoxy) is 1. The van der Waals surface area contributed by atoms with E-state index in [0.717, 1.165) is 12.1 Å². The van der Waals surface area contributed by atoms with Gasteiger partial charge in [0.25, 0.3) is 0 Å². The van der Waals surface area contributed by atoms with E-state index in [9.17, 15) is 13.6 Å². The number of carbonyl (C=O) groups is 1. The van der Waals surface area contributed by atoms with Crippen LogP contribution in [0.4, 0.5) is 8.78 Å². The van der Waals surface area contributed by atoms with Gasteiger partial charge in [-0.3, -0.25) is 4.79 Å². The van der Waals surface area contributed by atoms with Crippen molar-refractivity contribution in [2.24, 2.45) is 5.73 Å². The van der Waals surface area contributed by atoms with Gasteiger partial charge in [-0.05, 0) is 24.6 Å². The largest absolute Gasteiger partial charge is 0.373 e. The van der Waals surface area contributed by atoms with Crippen molar-refractivity contribution in [3.05, 3.63) is 35.4 Å². The van der Waals surface area contributed by atoms with Gasteiger partial charge < -0.3 is 10.5 Å². The fourth-order valence-electron chi connectivity index (χ4n) is 1.21. The number of amides is 1. The predicted octanol–water partition coefficient (Wildman–Crippen LogP) is 1.75. The third kappa shape index (κ3) is 3.94. The molecule has 0 radical (unpaired) electrons. The summed E-state index contributed by atoms with van der Waals surface area (Å²) >= 11 is 0. The topological polar surface area (TPSA) is 52.3 Å². The van der Waals surface area contributed by atoms with Gasteiger partial charge in [0.05, 0.1) is 19.1 Å². The summed E-state index contributed by atoms with van der Waals surface area (Å²) in [5.74, 6) is -2.27. The SMILES string of the molecule is CC(CC(N)=O)OCc1ccc(F)c(F)c1. The summed E-state index contributed by atoms with van der Waals surface area (Å²) in [5.41, 5.74) is 5.49. The third-order valence-corrected chi connectivity index (χ3v) is 2.01. The maximum Gasteiger partial charge on any atom is 0.220 e. The summed E-state index contributed by atoms with van der Waals surface area (Å²) in [4.78, 5) is 10.6. The number of hydrogen-bond acceptors (Lipinski definition) is 2. The van der Waals surface area contributed by atoms with E-state index in [-0.39, 0.29) is 19.1 Å². The second-order valence-corrected chi connectivity index (χ2v) is 3.54. The summed E-state index contributed by atoms with van der Waals surface area (Å²) in [5, 5.41) is 0. The van der Waals surface area contributed by atoms with Crippen molar-refractivity contribution >= 4 is 5.91 Å². The summed E-state index contributed by atoms with van der Waals surface area (Å²) in [6.07, 6.45) is -0.241. The standard InChI is InChI=1S/C11H13F2NO2/c1-7(4-11(14)15)16-6-8-2-3-9(12)10(13)5-8/h2-3,5,7H,4,6H2,1H3,(H2,14,15). The summed E-state index contributed by atoms with van der Waals surface area (Å²) in [6, 6.07) is 3.52. The first-order valence-corrected chi connectivity index (χ1v) is 4.83. The average Bonchev–Trinajstić information content (AvgIpc) is 2.19. The minimum Gasteiger partial charge on any atom is -0.373 e. The van der Waals surface area contributed by atoms with Crippen molar-refractivity contribution < 1.29 is 18.3 Å². The summed E-state index contributed by atoms with van der Waals surface area (Å²) < 4.78 is 30.6. The molecule has 1 aromatic rings. The fourth-order valence-corrected chi connectivity index (χ4v) is 1.21. The number of hydrogen-bond donors (Lipinski definition) is 1. The highest BCUT2D eigenvalue weighted by molar-refractivity contribution is 5.74. The molecule has 0 fully saturated rings. The minimum absolute atomic E-state index is 0.101. The fraction of sp³-hybridized carbons (Fsp3) is 0.364. The molecule has 0 saturated heterocycles.